The van der Waals surface area contributed by atoms with Crippen LogP contribution in [0.3, 0.4) is 0 Å². The summed E-state index contributed by atoms with van der Waals surface area (Å²) in [4.78, 5) is 31.9. The standard InChI is InChI=1S/C13H14N2O5/c1-9(13(17)18)8-14-12(16)7-4-10-2-5-11(6-3-10)15(19)20/h2-7,9H,8H2,1H3,(H,14,16)(H,17,18). The average molecular weight is 278 g/mol. The molecule has 20 heavy (non-hydrogen) atoms. The van der Waals surface area contributed by atoms with Crippen molar-refractivity contribution in [1.82, 2.24) is 5.32 Å². The molecule has 0 fully saturated rings. The second-order valence-corrected chi connectivity index (χ2v) is 4.17. The van der Waals surface area contributed by atoms with Crippen molar-refractivity contribution in [2.24, 2.45) is 5.92 Å². The molecule has 0 aliphatic carbocycles. The van der Waals surface area contributed by atoms with Gasteiger partial charge in [0.25, 0.3) is 5.69 Å². The molecule has 0 spiro atoms. The van der Waals surface area contributed by atoms with Crippen LogP contribution in [0, 0.1) is 16.0 Å². The molecule has 0 saturated carbocycles. The number of hydrogen-bond acceptors (Lipinski definition) is 4. The third-order valence-corrected chi connectivity index (χ3v) is 2.54. The molecule has 0 radical (unpaired) electrons. The van der Waals surface area contributed by atoms with Crippen LogP contribution in [-0.2, 0) is 9.59 Å². The zero-order valence-corrected chi connectivity index (χ0v) is 10.8. The van der Waals surface area contributed by atoms with Crippen molar-refractivity contribution in [1.29, 1.82) is 0 Å². The van der Waals surface area contributed by atoms with E-state index in [1.807, 2.05) is 0 Å². The largest absolute Gasteiger partial charge is 0.481 e. The van der Waals surface area contributed by atoms with Gasteiger partial charge in [0, 0.05) is 24.8 Å². The maximum Gasteiger partial charge on any atom is 0.308 e. The smallest absolute Gasteiger partial charge is 0.308 e. The van der Waals surface area contributed by atoms with Gasteiger partial charge in [0.15, 0.2) is 0 Å². The highest BCUT2D eigenvalue weighted by atomic mass is 16.6. The van der Waals surface area contributed by atoms with E-state index in [1.165, 1.54) is 43.3 Å². The van der Waals surface area contributed by atoms with E-state index in [0.29, 0.717) is 5.56 Å². The monoisotopic (exact) mass is 278 g/mol. The number of nitro groups is 1. The van der Waals surface area contributed by atoms with Crippen LogP contribution < -0.4 is 5.32 Å². The molecule has 1 aromatic carbocycles. The Morgan fingerprint density at radius 3 is 2.50 bits per heavy atom. The number of carboxylic acid groups (broad SMARTS) is 1. The quantitative estimate of drug-likeness (QED) is 0.465. The summed E-state index contributed by atoms with van der Waals surface area (Å²) in [6, 6.07) is 5.71. The van der Waals surface area contributed by atoms with Gasteiger partial charge in [0.05, 0.1) is 10.8 Å². The number of nitrogens with zero attached hydrogens (tertiary/aromatic N) is 1. The highest BCUT2D eigenvalue weighted by Gasteiger charge is 2.10. The van der Waals surface area contributed by atoms with Gasteiger partial charge >= 0.3 is 5.97 Å². The summed E-state index contributed by atoms with van der Waals surface area (Å²) >= 11 is 0. The second-order valence-electron chi connectivity index (χ2n) is 4.17. The van der Waals surface area contributed by atoms with Crippen molar-refractivity contribution in [2.75, 3.05) is 6.54 Å². The number of benzene rings is 1. The summed E-state index contributed by atoms with van der Waals surface area (Å²) in [6.07, 6.45) is 2.74. The predicted molar refractivity (Wildman–Crippen MR) is 71.9 cm³/mol. The van der Waals surface area contributed by atoms with Gasteiger partial charge in [-0.25, -0.2) is 0 Å². The Labute approximate surface area is 115 Å². The molecule has 1 amide bonds. The number of hydrogen-bond donors (Lipinski definition) is 2. The summed E-state index contributed by atoms with van der Waals surface area (Å²) in [6.45, 7) is 1.53. The first-order valence-corrected chi connectivity index (χ1v) is 5.83. The van der Waals surface area contributed by atoms with Gasteiger partial charge in [0.2, 0.25) is 5.91 Å². The molecule has 0 saturated heterocycles. The highest BCUT2D eigenvalue weighted by molar-refractivity contribution is 5.91. The van der Waals surface area contributed by atoms with Crippen LogP contribution in [0.15, 0.2) is 30.3 Å². The van der Waals surface area contributed by atoms with E-state index in [2.05, 4.69) is 5.32 Å². The van der Waals surface area contributed by atoms with E-state index in [-0.39, 0.29) is 12.2 Å². The molecule has 0 aliphatic rings. The first-order chi connectivity index (χ1) is 9.40. The molecular weight excluding hydrogens is 264 g/mol. The Morgan fingerprint density at radius 1 is 1.40 bits per heavy atom. The zero-order valence-electron chi connectivity index (χ0n) is 10.8. The Hall–Kier alpha value is -2.70. The van der Waals surface area contributed by atoms with Crippen LogP contribution >= 0.6 is 0 Å². The number of aliphatic carboxylic acids is 1. The molecular formula is C13H14N2O5. The normalized spacial score (nSPS) is 12.1. The molecule has 0 aliphatic heterocycles. The number of carbonyl (C=O) groups excluding carboxylic acids is 1. The van der Waals surface area contributed by atoms with Crippen LogP contribution in [-0.4, -0.2) is 28.5 Å². The van der Waals surface area contributed by atoms with Gasteiger partial charge in [-0.3, -0.25) is 19.7 Å². The second kappa shape index (κ2) is 7.03. The van der Waals surface area contributed by atoms with E-state index in [1.54, 1.807) is 0 Å². The molecule has 0 bridgehead atoms. The maximum atomic E-state index is 11.4. The van der Waals surface area contributed by atoms with Crippen LogP contribution in [0.2, 0.25) is 0 Å². The summed E-state index contributed by atoms with van der Waals surface area (Å²) in [7, 11) is 0. The number of rotatable bonds is 6. The van der Waals surface area contributed by atoms with Gasteiger partial charge in [-0.05, 0) is 23.8 Å². The number of carboxylic acids is 1. The van der Waals surface area contributed by atoms with Crippen LogP contribution in [0.5, 0.6) is 0 Å². The van der Waals surface area contributed by atoms with Gasteiger partial charge < -0.3 is 10.4 Å². The molecule has 7 nitrogen and oxygen atoms in total. The summed E-state index contributed by atoms with van der Waals surface area (Å²) in [5.41, 5.74) is 0.610. The van der Waals surface area contributed by atoms with Crippen LogP contribution in [0.1, 0.15) is 12.5 Å². The van der Waals surface area contributed by atoms with Gasteiger partial charge in [0.1, 0.15) is 0 Å². The molecule has 1 unspecified atom stereocenters. The number of nitrogens with one attached hydrogen (secondary N) is 1. The number of carbonyl (C=O) groups is 2. The average Bonchev–Trinajstić information content (AvgIpc) is 2.42. The molecule has 2 N–H and O–H groups in total. The minimum absolute atomic E-state index is 0.0260. The molecule has 0 aromatic heterocycles. The van der Waals surface area contributed by atoms with Crippen LogP contribution in [0.4, 0.5) is 5.69 Å². The maximum absolute atomic E-state index is 11.4. The first kappa shape index (κ1) is 15.4. The number of non-ortho nitro benzene ring substituents is 1. The highest BCUT2D eigenvalue weighted by Crippen LogP contribution is 2.12. The molecule has 0 heterocycles. The topological polar surface area (TPSA) is 110 Å². The lowest BCUT2D eigenvalue weighted by atomic mass is 10.2. The summed E-state index contributed by atoms with van der Waals surface area (Å²) in [5.74, 6) is -2.06. The van der Waals surface area contributed by atoms with Crippen molar-refractivity contribution < 1.29 is 19.6 Å². The third-order valence-electron chi connectivity index (χ3n) is 2.54. The lowest BCUT2D eigenvalue weighted by Crippen LogP contribution is -2.30. The third kappa shape index (κ3) is 4.89. The van der Waals surface area contributed by atoms with Crippen LogP contribution in [0.25, 0.3) is 6.08 Å². The van der Waals surface area contributed by atoms with Crippen molar-refractivity contribution >= 4 is 23.6 Å². The number of amides is 1. The first-order valence-electron chi connectivity index (χ1n) is 5.83. The van der Waals surface area contributed by atoms with Crippen molar-refractivity contribution in [2.45, 2.75) is 6.92 Å². The Balaban J connectivity index is 2.53. The van der Waals surface area contributed by atoms with Crippen molar-refractivity contribution in [3.05, 3.63) is 46.0 Å². The summed E-state index contributed by atoms with van der Waals surface area (Å²) in [5, 5.41) is 21.6. The fourth-order valence-corrected chi connectivity index (χ4v) is 1.28. The van der Waals surface area contributed by atoms with Crippen molar-refractivity contribution in [3.63, 3.8) is 0 Å². The lowest BCUT2D eigenvalue weighted by Gasteiger charge is -2.05. The van der Waals surface area contributed by atoms with E-state index in [9.17, 15) is 19.7 Å². The minimum atomic E-state index is -0.982. The minimum Gasteiger partial charge on any atom is -0.481 e. The van der Waals surface area contributed by atoms with E-state index < -0.39 is 22.7 Å². The van der Waals surface area contributed by atoms with Crippen molar-refractivity contribution in [3.8, 4) is 0 Å². The van der Waals surface area contributed by atoms with Gasteiger partial charge in [-0.2, -0.15) is 0 Å². The molecule has 1 rings (SSSR count). The lowest BCUT2D eigenvalue weighted by molar-refractivity contribution is -0.384. The summed E-state index contributed by atoms with van der Waals surface area (Å²) < 4.78 is 0. The van der Waals surface area contributed by atoms with E-state index in [0.717, 1.165) is 0 Å². The van der Waals surface area contributed by atoms with E-state index >= 15 is 0 Å². The van der Waals surface area contributed by atoms with Gasteiger partial charge in [-0.15, -0.1) is 0 Å². The fraction of sp³-hybridized carbons (Fsp3) is 0.231. The number of nitro benzene ring substituents is 1. The zero-order chi connectivity index (χ0) is 15.1. The SMILES string of the molecule is CC(CNC(=O)C=Cc1ccc([N+](=O)[O-])cc1)C(=O)O. The Kier molecular flexibility index (Phi) is 5.40. The molecule has 1 aromatic rings. The molecule has 7 heteroatoms. The van der Waals surface area contributed by atoms with Gasteiger partial charge in [-0.1, -0.05) is 6.92 Å². The molecule has 106 valence electrons. The fourth-order valence-electron chi connectivity index (χ4n) is 1.28. The van der Waals surface area contributed by atoms with E-state index in [4.69, 9.17) is 5.11 Å². The molecule has 1 atom stereocenters. The predicted octanol–water partition coefficient (Wildman–Crippen LogP) is 1.44. The Morgan fingerprint density at radius 2 is 2.00 bits per heavy atom. The Bertz CT molecular complexity index is 536.